The third kappa shape index (κ3) is 3.92. The summed E-state index contributed by atoms with van der Waals surface area (Å²) in [5, 5.41) is 0. The van der Waals surface area contributed by atoms with Crippen LogP contribution in [0.25, 0.3) is 0 Å². The summed E-state index contributed by atoms with van der Waals surface area (Å²) in [4.78, 5) is 23.4. The lowest BCUT2D eigenvalue weighted by Gasteiger charge is -2.04. The number of hydrogen-bond donors (Lipinski definition) is 0. The van der Waals surface area contributed by atoms with Gasteiger partial charge < -0.3 is 4.74 Å². The summed E-state index contributed by atoms with van der Waals surface area (Å²) in [7, 11) is 0. The van der Waals surface area contributed by atoms with E-state index in [1.54, 1.807) is 54.6 Å². The quantitative estimate of drug-likeness (QED) is 0.722. The Morgan fingerprint density at radius 3 is 2.60 bits per heavy atom. The van der Waals surface area contributed by atoms with Gasteiger partial charge >= 0.3 is 0 Å². The van der Waals surface area contributed by atoms with Gasteiger partial charge in [-0.1, -0.05) is 36.4 Å². The van der Waals surface area contributed by atoms with Crippen molar-refractivity contribution in [1.82, 2.24) is 0 Å². The molecule has 0 spiro atoms. The highest BCUT2D eigenvalue weighted by Gasteiger charge is 2.08. The number of rotatable bonds is 0. The monoisotopic (exact) mass is 266 g/mol. The molecule has 3 nitrogen and oxygen atoms in total. The molecule has 0 saturated heterocycles. The van der Waals surface area contributed by atoms with Crippen LogP contribution < -0.4 is 4.74 Å². The number of fused-ring (bicyclic) bond motifs is 1. The molecule has 0 aromatic heterocycles. The van der Waals surface area contributed by atoms with Crippen LogP contribution in [0.1, 0.15) is 16.8 Å². The van der Waals surface area contributed by atoms with E-state index in [-0.39, 0.29) is 11.6 Å². The number of hydrogen-bond acceptors (Lipinski definition) is 3. The van der Waals surface area contributed by atoms with Gasteiger partial charge in [-0.15, -0.1) is 0 Å². The van der Waals surface area contributed by atoms with Crippen molar-refractivity contribution in [3.05, 3.63) is 78.6 Å². The summed E-state index contributed by atoms with van der Waals surface area (Å²) in [5.74, 6) is 0.333. The van der Waals surface area contributed by atoms with E-state index < -0.39 is 0 Å². The predicted octanol–water partition coefficient (Wildman–Crippen LogP) is 3.40. The smallest absolute Gasteiger partial charge is 0.189 e. The van der Waals surface area contributed by atoms with E-state index in [4.69, 9.17) is 4.74 Å². The number of carbonyl (C=O) groups is 2. The van der Waals surface area contributed by atoms with Crippen LogP contribution in [-0.2, 0) is 4.79 Å². The Morgan fingerprint density at radius 2 is 1.70 bits per heavy atom. The first kappa shape index (κ1) is 13.7. The van der Waals surface area contributed by atoms with Crippen molar-refractivity contribution in [3.63, 3.8) is 0 Å². The molecule has 1 aliphatic rings. The van der Waals surface area contributed by atoms with Crippen molar-refractivity contribution in [2.75, 3.05) is 0 Å². The highest BCUT2D eigenvalue weighted by Crippen LogP contribution is 2.19. The number of ketones is 2. The van der Waals surface area contributed by atoms with Crippen LogP contribution in [0, 0.1) is 0 Å². The maximum absolute atomic E-state index is 12.0. The Morgan fingerprint density at radius 1 is 0.900 bits per heavy atom. The molecule has 0 atom stereocenters. The molecule has 20 heavy (non-hydrogen) atoms. The fraction of sp³-hybridized carbons (Fsp3) is 0.0588. The normalized spacial score (nSPS) is 15.6. The van der Waals surface area contributed by atoms with Crippen LogP contribution in [-0.4, -0.2) is 11.6 Å². The Labute approximate surface area is 117 Å². The summed E-state index contributed by atoms with van der Waals surface area (Å²) in [6.07, 6.45) is 12.9. The summed E-state index contributed by atoms with van der Waals surface area (Å²) in [5.41, 5.74) is 0.499. The number of ether oxygens (including phenoxy) is 1. The number of benzene rings is 1. The second kappa shape index (κ2) is 7.04. The third-order valence-electron chi connectivity index (χ3n) is 2.63. The van der Waals surface area contributed by atoms with Crippen molar-refractivity contribution in [2.24, 2.45) is 0 Å². The second-order valence-electron chi connectivity index (χ2n) is 4.12. The van der Waals surface area contributed by atoms with Crippen molar-refractivity contribution in [1.29, 1.82) is 0 Å². The topological polar surface area (TPSA) is 43.4 Å². The van der Waals surface area contributed by atoms with Gasteiger partial charge in [-0.2, -0.15) is 0 Å². The summed E-state index contributed by atoms with van der Waals surface area (Å²) < 4.78 is 5.42. The fourth-order valence-corrected chi connectivity index (χ4v) is 1.66. The molecule has 0 fully saturated rings. The minimum absolute atomic E-state index is 0.0110. The zero-order valence-electron chi connectivity index (χ0n) is 10.9. The summed E-state index contributed by atoms with van der Waals surface area (Å²) >= 11 is 0. The molecule has 1 aliphatic heterocycles. The number of carbonyl (C=O) groups excluding carboxylic acids is 2. The Bertz CT molecular complexity index is 619. The highest BCUT2D eigenvalue weighted by molar-refractivity contribution is 6.06. The number of allylic oxidation sites excluding steroid dienone is 7. The molecule has 0 aliphatic carbocycles. The van der Waals surface area contributed by atoms with Gasteiger partial charge in [0.1, 0.15) is 5.75 Å². The number of para-hydroxylation sites is 1. The van der Waals surface area contributed by atoms with E-state index in [9.17, 15) is 9.59 Å². The molecule has 0 bridgehead atoms. The highest BCUT2D eigenvalue weighted by atomic mass is 16.5. The van der Waals surface area contributed by atoms with E-state index in [0.29, 0.717) is 17.7 Å². The standard InChI is InChI=1S/C17H14O3/c18-14-8-2-1-3-11-16(19)15-10-4-5-12-17(15)20-13-7-6-9-14/h1-7,9-13H,8H2. The van der Waals surface area contributed by atoms with E-state index in [1.165, 1.54) is 18.4 Å². The molecule has 3 heteroatoms. The maximum atomic E-state index is 12.0. The summed E-state index contributed by atoms with van der Waals surface area (Å²) in [6.45, 7) is 0. The lowest BCUT2D eigenvalue weighted by atomic mass is 10.1. The van der Waals surface area contributed by atoms with Gasteiger partial charge in [0.25, 0.3) is 0 Å². The third-order valence-corrected chi connectivity index (χ3v) is 2.63. The van der Waals surface area contributed by atoms with Gasteiger partial charge in [-0.05, 0) is 30.4 Å². The van der Waals surface area contributed by atoms with Gasteiger partial charge in [-0.3, -0.25) is 9.59 Å². The minimum Gasteiger partial charge on any atom is -0.464 e. The van der Waals surface area contributed by atoms with Crippen molar-refractivity contribution in [3.8, 4) is 5.75 Å². The van der Waals surface area contributed by atoms with Crippen molar-refractivity contribution >= 4 is 11.6 Å². The molecule has 0 radical (unpaired) electrons. The van der Waals surface area contributed by atoms with Crippen LogP contribution in [0.15, 0.2) is 73.1 Å². The summed E-state index contributed by atoms with van der Waals surface area (Å²) in [6, 6.07) is 7.02. The van der Waals surface area contributed by atoms with Crippen molar-refractivity contribution in [2.45, 2.75) is 6.42 Å². The predicted molar refractivity (Wildman–Crippen MR) is 77.6 cm³/mol. The zero-order valence-corrected chi connectivity index (χ0v) is 10.9. The molecule has 1 aromatic rings. The average molecular weight is 266 g/mol. The first-order valence-corrected chi connectivity index (χ1v) is 6.26. The largest absolute Gasteiger partial charge is 0.464 e. The Balaban J connectivity index is 2.32. The molecule has 100 valence electrons. The Kier molecular flexibility index (Phi) is 4.84. The fourth-order valence-electron chi connectivity index (χ4n) is 1.66. The molecular weight excluding hydrogens is 252 g/mol. The SMILES string of the molecule is O=C1C=CC=COc2ccccc2C(=O)C=CC=CC1. The van der Waals surface area contributed by atoms with Crippen molar-refractivity contribution < 1.29 is 14.3 Å². The van der Waals surface area contributed by atoms with Gasteiger partial charge in [-0.25, -0.2) is 0 Å². The molecule has 1 heterocycles. The van der Waals surface area contributed by atoms with Crippen LogP contribution in [0.2, 0.25) is 0 Å². The Hall–Kier alpha value is -2.68. The molecule has 0 N–H and O–H groups in total. The van der Waals surface area contributed by atoms with E-state index >= 15 is 0 Å². The first-order valence-electron chi connectivity index (χ1n) is 6.26. The molecule has 2 rings (SSSR count). The van der Waals surface area contributed by atoms with E-state index in [1.807, 2.05) is 0 Å². The second-order valence-corrected chi connectivity index (χ2v) is 4.12. The lowest BCUT2D eigenvalue weighted by Crippen LogP contribution is -1.98. The van der Waals surface area contributed by atoms with Crippen LogP contribution in [0.3, 0.4) is 0 Å². The molecule has 1 aromatic carbocycles. The van der Waals surface area contributed by atoms with Gasteiger partial charge in [0.15, 0.2) is 11.6 Å². The molecule has 0 saturated carbocycles. The molecular formula is C17H14O3. The molecule has 0 unspecified atom stereocenters. The van der Waals surface area contributed by atoms with Gasteiger partial charge in [0.05, 0.1) is 11.8 Å². The molecule has 0 amide bonds. The van der Waals surface area contributed by atoms with Gasteiger partial charge in [0, 0.05) is 6.42 Å². The van der Waals surface area contributed by atoms with E-state index in [2.05, 4.69) is 0 Å². The minimum atomic E-state index is -0.141. The van der Waals surface area contributed by atoms with Gasteiger partial charge in [0.2, 0.25) is 0 Å². The van der Waals surface area contributed by atoms with Crippen LogP contribution in [0.5, 0.6) is 5.75 Å². The first-order chi connectivity index (χ1) is 9.77. The van der Waals surface area contributed by atoms with Crippen LogP contribution >= 0.6 is 0 Å². The lowest BCUT2D eigenvalue weighted by molar-refractivity contribution is -0.113. The zero-order chi connectivity index (χ0) is 14.2. The van der Waals surface area contributed by atoms with Crippen LogP contribution in [0.4, 0.5) is 0 Å². The maximum Gasteiger partial charge on any atom is 0.189 e. The van der Waals surface area contributed by atoms with E-state index in [0.717, 1.165) is 0 Å². The average Bonchev–Trinajstić information content (AvgIpc) is 2.46.